The summed E-state index contributed by atoms with van der Waals surface area (Å²) in [5.74, 6) is 0.250. The Morgan fingerprint density at radius 1 is 1.62 bits per heavy atom. The lowest BCUT2D eigenvalue weighted by atomic mass is 10.00. The topological polar surface area (TPSA) is 58.4 Å². The first-order valence-electron chi connectivity index (χ1n) is 5.47. The molecule has 0 aliphatic carbocycles. The summed E-state index contributed by atoms with van der Waals surface area (Å²) < 4.78 is 5.01. The summed E-state index contributed by atoms with van der Waals surface area (Å²) in [6.07, 6.45) is 0. The number of carbonyl (C=O) groups excluding carboxylic acids is 1. The maximum Gasteiger partial charge on any atom is 0.293 e. The van der Waals surface area contributed by atoms with Crippen molar-refractivity contribution in [2.45, 2.75) is 26.3 Å². The molecular weight excluding hydrogens is 206 g/mol. The van der Waals surface area contributed by atoms with E-state index in [1.54, 1.807) is 6.07 Å². The van der Waals surface area contributed by atoms with Crippen LogP contribution in [-0.4, -0.2) is 41.1 Å². The number of rotatable bonds is 1. The van der Waals surface area contributed by atoms with E-state index < -0.39 is 0 Å². The quantitative estimate of drug-likeness (QED) is 0.765. The number of aryl methyl sites for hydroxylation is 1. The number of amides is 1. The number of hydrogen-bond acceptors (Lipinski definition) is 4. The summed E-state index contributed by atoms with van der Waals surface area (Å²) in [5.41, 5.74) is 0.548. The standard InChI is InChI=1S/C11H17N3O2/c1-8-6-9(16-13-8)10(15)14-5-4-12-7-11(14,2)3/h6,12H,4-5,7H2,1-3H3. The van der Waals surface area contributed by atoms with Crippen molar-refractivity contribution < 1.29 is 9.32 Å². The molecule has 0 unspecified atom stereocenters. The largest absolute Gasteiger partial charge is 0.351 e. The van der Waals surface area contributed by atoms with Crippen molar-refractivity contribution in [2.24, 2.45) is 0 Å². The average Bonchev–Trinajstić information content (AvgIpc) is 2.63. The fourth-order valence-corrected chi connectivity index (χ4v) is 1.96. The minimum atomic E-state index is -0.184. The Labute approximate surface area is 94.8 Å². The molecule has 1 N–H and O–H groups in total. The molecule has 1 aliphatic heterocycles. The average molecular weight is 223 g/mol. The molecule has 0 bridgehead atoms. The highest BCUT2D eigenvalue weighted by Gasteiger charge is 2.35. The first kappa shape index (κ1) is 11.1. The van der Waals surface area contributed by atoms with Crippen LogP contribution < -0.4 is 5.32 Å². The molecule has 88 valence electrons. The third-order valence-corrected chi connectivity index (χ3v) is 2.88. The number of piperazine rings is 1. The molecule has 16 heavy (non-hydrogen) atoms. The smallest absolute Gasteiger partial charge is 0.293 e. The first-order chi connectivity index (χ1) is 7.50. The van der Waals surface area contributed by atoms with Crippen LogP contribution in [0.3, 0.4) is 0 Å². The first-order valence-corrected chi connectivity index (χ1v) is 5.47. The Morgan fingerprint density at radius 3 is 2.94 bits per heavy atom. The number of nitrogens with one attached hydrogen (secondary N) is 1. The molecule has 2 rings (SSSR count). The van der Waals surface area contributed by atoms with Gasteiger partial charge >= 0.3 is 0 Å². The minimum absolute atomic E-state index is 0.0768. The second kappa shape index (κ2) is 3.90. The highest BCUT2D eigenvalue weighted by Crippen LogP contribution is 2.19. The van der Waals surface area contributed by atoms with Crippen LogP contribution in [-0.2, 0) is 0 Å². The van der Waals surface area contributed by atoms with E-state index in [0.717, 1.165) is 18.8 Å². The fraction of sp³-hybridized carbons (Fsp3) is 0.636. The zero-order valence-electron chi connectivity index (χ0n) is 9.91. The van der Waals surface area contributed by atoms with Crippen molar-refractivity contribution >= 4 is 5.91 Å². The van der Waals surface area contributed by atoms with E-state index in [9.17, 15) is 4.79 Å². The Kier molecular flexibility index (Phi) is 2.71. The van der Waals surface area contributed by atoms with Crippen LogP contribution in [0.1, 0.15) is 30.1 Å². The van der Waals surface area contributed by atoms with Crippen LogP contribution in [0.2, 0.25) is 0 Å². The Bertz CT molecular complexity index is 398. The van der Waals surface area contributed by atoms with Gasteiger partial charge in [0.05, 0.1) is 11.2 Å². The highest BCUT2D eigenvalue weighted by atomic mass is 16.5. The van der Waals surface area contributed by atoms with E-state index in [-0.39, 0.29) is 11.4 Å². The van der Waals surface area contributed by atoms with Crippen molar-refractivity contribution in [3.05, 3.63) is 17.5 Å². The Balaban J connectivity index is 2.20. The zero-order valence-corrected chi connectivity index (χ0v) is 9.91. The van der Waals surface area contributed by atoms with Gasteiger partial charge in [0.25, 0.3) is 5.91 Å². The Hall–Kier alpha value is -1.36. The summed E-state index contributed by atoms with van der Waals surface area (Å²) in [4.78, 5) is 14.0. The lowest BCUT2D eigenvalue weighted by molar-refractivity contribution is 0.0437. The van der Waals surface area contributed by atoms with Crippen LogP contribution in [0, 0.1) is 6.92 Å². The molecule has 1 aromatic heterocycles. The minimum Gasteiger partial charge on any atom is -0.351 e. The fourth-order valence-electron chi connectivity index (χ4n) is 1.96. The summed E-state index contributed by atoms with van der Waals surface area (Å²) >= 11 is 0. The van der Waals surface area contributed by atoms with Gasteiger partial charge in [-0.2, -0.15) is 0 Å². The van der Waals surface area contributed by atoms with E-state index in [2.05, 4.69) is 10.5 Å². The number of carbonyl (C=O) groups is 1. The van der Waals surface area contributed by atoms with Crippen LogP contribution >= 0.6 is 0 Å². The number of hydrogen-bond donors (Lipinski definition) is 1. The van der Waals surface area contributed by atoms with Crippen molar-refractivity contribution in [1.82, 2.24) is 15.4 Å². The lowest BCUT2D eigenvalue weighted by Crippen LogP contribution is -2.59. The van der Waals surface area contributed by atoms with Crippen molar-refractivity contribution in [3.8, 4) is 0 Å². The maximum absolute atomic E-state index is 12.2. The molecule has 0 aromatic carbocycles. The third kappa shape index (κ3) is 1.95. The maximum atomic E-state index is 12.2. The molecule has 1 fully saturated rings. The van der Waals surface area contributed by atoms with Crippen LogP contribution in [0.5, 0.6) is 0 Å². The number of aromatic nitrogens is 1. The van der Waals surface area contributed by atoms with Gasteiger partial charge in [-0.15, -0.1) is 0 Å². The molecule has 1 amide bonds. The second-order valence-corrected chi connectivity index (χ2v) is 4.78. The van der Waals surface area contributed by atoms with Crippen LogP contribution in [0.25, 0.3) is 0 Å². The van der Waals surface area contributed by atoms with Gasteiger partial charge in [-0.3, -0.25) is 4.79 Å². The normalized spacial score (nSPS) is 19.8. The molecule has 0 spiro atoms. The van der Waals surface area contributed by atoms with Crippen LogP contribution in [0.4, 0.5) is 0 Å². The van der Waals surface area contributed by atoms with E-state index in [1.807, 2.05) is 25.7 Å². The van der Waals surface area contributed by atoms with E-state index in [1.165, 1.54) is 0 Å². The molecule has 1 aromatic rings. The van der Waals surface area contributed by atoms with Crippen LogP contribution in [0.15, 0.2) is 10.6 Å². The van der Waals surface area contributed by atoms with Gasteiger partial charge in [0.2, 0.25) is 5.76 Å². The molecule has 0 saturated carbocycles. The predicted octanol–water partition coefficient (Wildman–Crippen LogP) is 0.807. The van der Waals surface area contributed by atoms with E-state index in [0.29, 0.717) is 12.3 Å². The zero-order chi connectivity index (χ0) is 11.8. The SMILES string of the molecule is Cc1cc(C(=O)N2CCNCC2(C)C)on1. The lowest BCUT2D eigenvalue weighted by Gasteiger charge is -2.42. The predicted molar refractivity (Wildman–Crippen MR) is 59.2 cm³/mol. The van der Waals surface area contributed by atoms with E-state index >= 15 is 0 Å². The van der Waals surface area contributed by atoms with Gasteiger partial charge in [-0.1, -0.05) is 5.16 Å². The second-order valence-electron chi connectivity index (χ2n) is 4.78. The molecule has 1 saturated heterocycles. The molecule has 0 radical (unpaired) electrons. The van der Waals surface area contributed by atoms with Crippen molar-refractivity contribution in [3.63, 3.8) is 0 Å². The molecule has 5 nitrogen and oxygen atoms in total. The summed E-state index contributed by atoms with van der Waals surface area (Å²) in [6.45, 7) is 8.21. The number of nitrogens with zero attached hydrogens (tertiary/aromatic N) is 2. The Morgan fingerprint density at radius 2 is 2.38 bits per heavy atom. The van der Waals surface area contributed by atoms with Gasteiger partial charge < -0.3 is 14.7 Å². The van der Waals surface area contributed by atoms with Gasteiger partial charge in [0.15, 0.2) is 0 Å². The molecule has 0 atom stereocenters. The van der Waals surface area contributed by atoms with Gasteiger partial charge in [0, 0.05) is 25.7 Å². The molecule has 1 aliphatic rings. The molecular formula is C11H17N3O2. The van der Waals surface area contributed by atoms with Crippen molar-refractivity contribution in [2.75, 3.05) is 19.6 Å². The monoisotopic (exact) mass is 223 g/mol. The van der Waals surface area contributed by atoms with Gasteiger partial charge in [-0.05, 0) is 20.8 Å². The summed E-state index contributed by atoms with van der Waals surface area (Å²) in [6, 6.07) is 1.68. The van der Waals surface area contributed by atoms with Crippen molar-refractivity contribution in [1.29, 1.82) is 0 Å². The summed E-state index contributed by atoms with van der Waals surface area (Å²) in [7, 11) is 0. The van der Waals surface area contributed by atoms with Gasteiger partial charge in [0.1, 0.15) is 0 Å². The summed E-state index contributed by atoms with van der Waals surface area (Å²) in [5, 5.41) is 7.02. The van der Waals surface area contributed by atoms with E-state index in [4.69, 9.17) is 4.52 Å². The highest BCUT2D eigenvalue weighted by molar-refractivity contribution is 5.92. The molecule has 5 heteroatoms. The van der Waals surface area contributed by atoms with Gasteiger partial charge in [-0.25, -0.2) is 0 Å². The molecule has 2 heterocycles. The third-order valence-electron chi connectivity index (χ3n) is 2.88.